The van der Waals surface area contributed by atoms with E-state index in [4.69, 9.17) is 31.5 Å². The highest BCUT2D eigenvalue weighted by Gasteiger charge is 2.44. The molecule has 31 heavy (non-hydrogen) atoms. The lowest BCUT2D eigenvalue weighted by molar-refractivity contribution is -0.112. The van der Waals surface area contributed by atoms with Gasteiger partial charge in [0.05, 0.1) is 35.8 Å². The SMILES string of the molecule is COC(=O)c1cnc(N)c2[nH]c(-c3cc(-c4ncco4)cc(C4CC4C(=O)Cl)n3)cc12. The first kappa shape index (κ1) is 19.3. The van der Waals surface area contributed by atoms with Crippen molar-refractivity contribution in [2.24, 2.45) is 5.92 Å². The van der Waals surface area contributed by atoms with E-state index in [-0.39, 0.29) is 28.5 Å². The molecule has 0 aliphatic heterocycles. The monoisotopic (exact) mass is 437 g/mol. The van der Waals surface area contributed by atoms with Crippen LogP contribution in [0.25, 0.3) is 33.7 Å². The number of anilines is 1. The molecule has 3 N–H and O–H groups in total. The van der Waals surface area contributed by atoms with Crippen molar-refractivity contribution in [3.63, 3.8) is 0 Å². The van der Waals surface area contributed by atoms with Crippen LogP contribution in [0.5, 0.6) is 0 Å². The van der Waals surface area contributed by atoms with Gasteiger partial charge >= 0.3 is 5.97 Å². The predicted molar refractivity (Wildman–Crippen MR) is 112 cm³/mol. The summed E-state index contributed by atoms with van der Waals surface area (Å²) in [5.41, 5.74) is 9.40. The van der Waals surface area contributed by atoms with Crippen LogP contribution in [-0.2, 0) is 9.53 Å². The van der Waals surface area contributed by atoms with E-state index in [1.165, 1.54) is 19.6 Å². The normalized spacial score (nSPS) is 17.6. The van der Waals surface area contributed by atoms with Crippen LogP contribution in [0.4, 0.5) is 5.82 Å². The van der Waals surface area contributed by atoms with Gasteiger partial charge in [0.15, 0.2) is 0 Å². The topological polar surface area (TPSA) is 137 Å². The van der Waals surface area contributed by atoms with Crippen LogP contribution in [-0.4, -0.2) is 38.3 Å². The molecule has 10 heteroatoms. The maximum absolute atomic E-state index is 12.1. The number of hydrogen-bond donors (Lipinski definition) is 2. The van der Waals surface area contributed by atoms with Crippen LogP contribution in [0.3, 0.4) is 0 Å². The summed E-state index contributed by atoms with van der Waals surface area (Å²) < 4.78 is 10.3. The Balaban J connectivity index is 1.67. The quantitative estimate of drug-likeness (QED) is 0.357. The largest absolute Gasteiger partial charge is 0.465 e. The molecule has 0 radical (unpaired) electrons. The third-order valence-electron chi connectivity index (χ3n) is 5.36. The first-order valence-corrected chi connectivity index (χ1v) is 9.81. The van der Waals surface area contributed by atoms with Crippen molar-refractivity contribution in [3.8, 4) is 22.8 Å². The van der Waals surface area contributed by atoms with Gasteiger partial charge in [0.1, 0.15) is 12.1 Å². The average Bonchev–Trinajstić information content (AvgIpc) is 3.17. The highest BCUT2D eigenvalue weighted by molar-refractivity contribution is 6.64. The number of nitrogen functional groups attached to an aromatic ring is 1. The molecule has 0 aromatic carbocycles. The Hall–Kier alpha value is -3.72. The van der Waals surface area contributed by atoms with E-state index in [9.17, 15) is 9.59 Å². The Morgan fingerprint density at radius 1 is 1.29 bits per heavy atom. The molecule has 1 aliphatic rings. The number of nitrogens with two attached hydrogens (primary N) is 1. The van der Waals surface area contributed by atoms with Crippen LogP contribution in [0.1, 0.15) is 28.4 Å². The molecule has 1 saturated carbocycles. The smallest absolute Gasteiger partial charge is 0.340 e. The van der Waals surface area contributed by atoms with Gasteiger partial charge < -0.3 is 19.9 Å². The minimum absolute atomic E-state index is 0.0691. The van der Waals surface area contributed by atoms with Gasteiger partial charge in [-0.1, -0.05) is 0 Å². The number of halogens is 1. The van der Waals surface area contributed by atoms with Crippen LogP contribution in [0.2, 0.25) is 0 Å². The third kappa shape index (κ3) is 3.32. The second-order valence-corrected chi connectivity index (χ2v) is 7.65. The van der Waals surface area contributed by atoms with Gasteiger partial charge in [-0.2, -0.15) is 0 Å². The molecule has 4 aromatic heterocycles. The zero-order valence-electron chi connectivity index (χ0n) is 16.3. The fourth-order valence-electron chi connectivity index (χ4n) is 3.69. The molecule has 0 amide bonds. The van der Waals surface area contributed by atoms with E-state index in [2.05, 4.69) is 15.0 Å². The van der Waals surface area contributed by atoms with E-state index >= 15 is 0 Å². The van der Waals surface area contributed by atoms with Gasteiger partial charge in [-0.05, 0) is 36.2 Å². The van der Waals surface area contributed by atoms with E-state index in [0.717, 1.165) is 0 Å². The van der Waals surface area contributed by atoms with Gasteiger partial charge in [-0.15, -0.1) is 0 Å². The molecule has 2 unspecified atom stereocenters. The molecule has 4 heterocycles. The number of rotatable bonds is 5. The zero-order chi connectivity index (χ0) is 21.7. The molecular weight excluding hydrogens is 422 g/mol. The van der Waals surface area contributed by atoms with Crippen LogP contribution in [0.15, 0.2) is 41.3 Å². The Bertz CT molecular complexity index is 1330. The molecule has 5 rings (SSSR count). The van der Waals surface area contributed by atoms with Crippen molar-refractivity contribution in [1.29, 1.82) is 0 Å². The van der Waals surface area contributed by atoms with Crippen molar-refractivity contribution in [2.45, 2.75) is 12.3 Å². The lowest BCUT2D eigenvalue weighted by Crippen LogP contribution is -2.03. The van der Waals surface area contributed by atoms with E-state index < -0.39 is 5.97 Å². The lowest BCUT2D eigenvalue weighted by atomic mass is 10.1. The van der Waals surface area contributed by atoms with Crippen LogP contribution < -0.4 is 5.73 Å². The number of pyridine rings is 2. The summed E-state index contributed by atoms with van der Waals surface area (Å²) in [6, 6.07) is 5.42. The van der Waals surface area contributed by atoms with Gasteiger partial charge in [0.25, 0.3) is 0 Å². The number of esters is 1. The van der Waals surface area contributed by atoms with Crippen molar-refractivity contribution in [3.05, 3.63) is 48.1 Å². The molecule has 9 nitrogen and oxygen atoms in total. The summed E-state index contributed by atoms with van der Waals surface area (Å²) >= 11 is 5.68. The number of aromatic nitrogens is 4. The Morgan fingerprint density at radius 2 is 2.13 bits per heavy atom. The van der Waals surface area contributed by atoms with Crippen molar-refractivity contribution >= 4 is 39.5 Å². The molecule has 1 fully saturated rings. The minimum atomic E-state index is -0.522. The summed E-state index contributed by atoms with van der Waals surface area (Å²) in [4.78, 5) is 39.9. The molecule has 0 bridgehead atoms. The summed E-state index contributed by atoms with van der Waals surface area (Å²) in [5.74, 6) is -0.179. The fraction of sp³-hybridized carbons (Fsp3) is 0.190. The number of nitrogens with one attached hydrogen (secondary N) is 1. The number of nitrogens with zero attached hydrogens (tertiary/aromatic N) is 3. The number of hydrogen-bond acceptors (Lipinski definition) is 8. The molecule has 1 aliphatic carbocycles. The molecule has 2 atom stereocenters. The van der Waals surface area contributed by atoms with Crippen molar-refractivity contribution in [1.82, 2.24) is 19.9 Å². The minimum Gasteiger partial charge on any atom is -0.465 e. The summed E-state index contributed by atoms with van der Waals surface area (Å²) in [6.07, 6.45) is 5.05. The first-order chi connectivity index (χ1) is 15.0. The lowest BCUT2D eigenvalue weighted by Gasteiger charge is -2.06. The summed E-state index contributed by atoms with van der Waals surface area (Å²) in [7, 11) is 1.30. The number of methoxy groups -OCH3 is 1. The number of carbonyl (C=O) groups excluding carboxylic acids is 2. The van der Waals surface area contributed by atoms with Crippen LogP contribution >= 0.6 is 11.6 Å². The van der Waals surface area contributed by atoms with Gasteiger partial charge in [0.2, 0.25) is 11.1 Å². The Labute approximate surface area is 180 Å². The maximum Gasteiger partial charge on any atom is 0.340 e. The van der Waals surface area contributed by atoms with Gasteiger partial charge in [-0.3, -0.25) is 9.78 Å². The number of carbonyl (C=O) groups is 2. The first-order valence-electron chi connectivity index (χ1n) is 9.43. The predicted octanol–water partition coefficient (Wildman–Crippen LogP) is 3.52. The molecular formula is C21H16ClN5O4. The standard InChI is InChI=1S/C21H16ClN5O4/c1-30-21(29)13-8-25-19(23)17-11(13)7-16(27-17)15-5-9(20-24-2-3-31-20)4-14(26-15)10-6-12(10)18(22)28/h2-5,7-8,10,12,27H,6H2,1H3,(H2,23,25). The second kappa shape index (κ2) is 7.21. The molecule has 4 aromatic rings. The van der Waals surface area contributed by atoms with Gasteiger partial charge in [-0.25, -0.2) is 14.8 Å². The highest BCUT2D eigenvalue weighted by atomic mass is 35.5. The fourth-order valence-corrected chi connectivity index (χ4v) is 3.93. The van der Waals surface area contributed by atoms with E-state index in [1.54, 1.807) is 18.3 Å². The van der Waals surface area contributed by atoms with Crippen LogP contribution in [0, 0.1) is 5.92 Å². The maximum atomic E-state index is 12.1. The third-order valence-corrected chi connectivity index (χ3v) is 5.64. The van der Waals surface area contributed by atoms with Crippen molar-refractivity contribution < 1.29 is 18.7 Å². The van der Waals surface area contributed by atoms with E-state index in [0.29, 0.717) is 45.9 Å². The average molecular weight is 438 g/mol. The Kier molecular flexibility index (Phi) is 4.48. The number of H-pyrrole nitrogens is 1. The van der Waals surface area contributed by atoms with Gasteiger partial charge in [0, 0.05) is 34.7 Å². The highest BCUT2D eigenvalue weighted by Crippen LogP contribution is 2.49. The van der Waals surface area contributed by atoms with Crippen molar-refractivity contribution in [2.75, 3.05) is 12.8 Å². The summed E-state index contributed by atoms with van der Waals surface area (Å²) in [6.45, 7) is 0. The number of fused-ring (bicyclic) bond motifs is 1. The molecule has 156 valence electrons. The number of aromatic amines is 1. The van der Waals surface area contributed by atoms with E-state index in [1.807, 2.05) is 6.07 Å². The molecule has 0 spiro atoms. The summed E-state index contributed by atoms with van der Waals surface area (Å²) in [5, 5.41) is 0.196. The Morgan fingerprint density at radius 3 is 2.81 bits per heavy atom. The number of ether oxygens (including phenoxy) is 1. The molecule has 0 saturated heterocycles. The number of oxazole rings is 1. The zero-order valence-corrected chi connectivity index (χ0v) is 17.0. The second-order valence-electron chi connectivity index (χ2n) is 7.28.